The highest BCUT2D eigenvalue weighted by Crippen LogP contribution is 2.29. The van der Waals surface area contributed by atoms with Crippen molar-refractivity contribution in [3.05, 3.63) is 34.9 Å². The summed E-state index contributed by atoms with van der Waals surface area (Å²) >= 11 is 6.12. The molecule has 1 aliphatic heterocycles. The lowest BCUT2D eigenvalue weighted by atomic mass is 9.99. The number of rotatable bonds is 2. The third kappa shape index (κ3) is 2.88. The molecule has 0 bridgehead atoms. The molecule has 1 N–H and O–H groups in total. The van der Waals surface area contributed by atoms with E-state index >= 15 is 0 Å². The van der Waals surface area contributed by atoms with Crippen LogP contribution in [0.15, 0.2) is 24.3 Å². The molecule has 102 valence electrons. The zero-order valence-corrected chi connectivity index (χ0v) is 11.5. The number of ether oxygens (including phenoxy) is 1. The molecule has 2 atom stereocenters. The molecule has 1 saturated heterocycles. The Hall–Kier alpha value is -1.59. The second kappa shape index (κ2) is 5.59. The van der Waals surface area contributed by atoms with Gasteiger partial charge < -0.3 is 15.0 Å². The summed E-state index contributed by atoms with van der Waals surface area (Å²) in [5.74, 6) is -0.461. The first-order chi connectivity index (χ1) is 9.00. The average Bonchev–Trinajstić information content (AvgIpc) is 2.38. The molecule has 5 nitrogen and oxygen atoms in total. The molecule has 1 aromatic carbocycles. The molecule has 0 radical (unpaired) electrons. The number of morpholine rings is 1. The molecular weight excluding hydrogens is 268 g/mol. The van der Waals surface area contributed by atoms with Gasteiger partial charge in [0.2, 0.25) is 5.91 Å². The van der Waals surface area contributed by atoms with E-state index in [0.29, 0.717) is 10.6 Å². The summed E-state index contributed by atoms with van der Waals surface area (Å²) in [5.41, 5.74) is 0.678. The molecule has 0 saturated carbocycles. The lowest BCUT2D eigenvalue weighted by molar-refractivity contribution is -0.153. The summed E-state index contributed by atoms with van der Waals surface area (Å²) in [4.78, 5) is 25.0. The Balaban J connectivity index is 2.35. The number of nitrogens with zero attached hydrogens (tertiary/aromatic N) is 1. The minimum absolute atomic E-state index is 0.120. The van der Waals surface area contributed by atoms with E-state index in [2.05, 4.69) is 5.32 Å². The van der Waals surface area contributed by atoms with Gasteiger partial charge >= 0.3 is 0 Å². The van der Waals surface area contributed by atoms with E-state index in [1.165, 1.54) is 4.90 Å². The van der Waals surface area contributed by atoms with Crippen LogP contribution >= 0.6 is 11.6 Å². The minimum Gasteiger partial charge on any atom is -0.356 e. The van der Waals surface area contributed by atoms with Crippen LogP contribution in [0.4, 0.5) is 0 Å². The first-order valence-electron chi connectivity index (χ1n) is 5.87. The SMILES string of the molecule is CN(C)C(=O)[C@H]1OCC(=O)N[C@@H]1c1ccccc1Cl. The first kappa shape index (κ1) is 13.8. The van der Waals surface area contributed by atoms with E-state index < -0.39 is 12.1 Å². The van der Waals surface area contributed by atoms with Gasteiger partial charge in [0.25, 0.3) is 5.91 Å². The second-order valence-corrected chi connectivity index (χ2v) is 4.94. The van der Waals surface area contributed by atoms with Crippen molar-refractivity contribution in [2.24, 2.45) is 0 Å². The standard InChI is InChI=1S/C13H15ClN2O3/c1-16(2)13(18)12-11(15-10(17)7-19-12)8-5-3-4-6-9(8)14/h3-6,11-12H,7H2,1-2H3,(H,15,17)/t11-,12+/m1/s1. The number of carbonyl (C=O) groups excluding carboxylic acids is 2. The number of amides is 2. The molecular formula is C13H15ClN2O3. The van der Waals surface area contributed by atoms with Gasteiger partial charge in [-0.25, -0.2) is 0 Å². The predicted molar refractivity (Wildman–Crippen MR) is 70.8 cm³/mol. The number of benzene rings is 1. The van der Waals surface area contributed by atoms with Gasteiger partial charge in [-0.2, -0.15) is 0 Å². The number of nitrogens with one attached hydrogen (secondary N) is 1. The van der Waals surface area contributed by atoms with E-state index in [4.69, 9.17) is 16.3 Å². The normalized spacial score (nSPS) is 22.8. The summed E-state index contributed by atoms with van der Waals surface area (Å²) < 4.78 is 5.37. The first-order valence-corrected chi connectivity index (χ1v) is 6.25. The summed E-state index contributed by atoms with van der Waals surface area (Å²) in [6, 6.07) is 6.52. The lowest BCUT2D eigenvalue weighted by Gasteiger charge is -2.33. The molecule has 0 spiro atoms. The third-order valence-electron chi connectivity index (χ3n) is 2.94. The average molecular weight is 283 g/mol. The predicted octanol–water partition coefficient (Wildman–Crippen LogP) is 0.984. The van der Waals surface area contributed by atoms with Gasteiger partial charge in [-0.3, -0.25) is 9.59 Å². The van der Waals surface area contributed by atoms with Gasteiger partial charge in [-0.1, -0.05) is 29.8 Å². The number of carbonyl (C=O) groups is 2. The Morgan fingerprint density at radius 2 is 2.11 bits per heavy atom. The van der Waals surface area contributed by atoms with E-state index in [1.54, 1.807) is 38.4 Å². The van der Waals surface area contributed by atoms with Crippen molar-refractivity contribution >= 4 is 23.4 Å². The Morgan fingerprint density at radius 3 is 2.74 bits per heavy atom. The summed E-state index contributed by atoms with van der Waals surface area (Å²) in [7, 11) is 3.29. The fourth-order valence-electron chi connectivity index (χ4n) is 1.99. The van der Waals surface area contributed by atoms with E-state index in [0.717, 1.165) is 0 Å². The molecule has 1 aliphatic rings. The maximum atomic E-state index is 12.1. The molecule has 19 heavy (non-hydrogen) atoms. The van der Waals surface area contributed by atoms with Crippen LogP contribution in [0.1, 0.15) is 11.6 Å². The Morgan fingerprint density at radius 1 is 1.42 bits per heavy atom. The maximum absolute atomic E-state index is 12.1. The Bertz CT molecular complexity index is 504. The molecule has 0 aliphatic carbocycles. The molecule has 6 heteroatoms. The molecule has 1 aromatic rings. The fraction of sp³-hybridized carbons (Fsp3) is 0.385. The number of halogens is 1. The molecule has 0 aromatic heterocycles. The van der Waals surface area contributed by atoms with Gasteiger partial charge in [-0.05, 0) is 11.6 Å². The number of hydrogen-bond donors (Lipinski definition) is 1. The van der Waals surface area contributed by atoms with Crippen LogP contribution in [0, 0.1) is 0 Å². The molecule has 2 rings (SSSR count). The van der Waals surface area contributed by atoms with Crippen molar-refractivity contribution in [2.75, 3.05) is 20.7 Å². The van der Waals surface area contributed by atoms with Crippen molar-refractivity contribution in [3.8, 4) is 0 Å². The van der Waals surface area contributed by atoms with Crippen LogP contribution in [0.2, 0.25) is 5.02 Å². The Labute approximate surface area is 116 Å². The van der Waals surface area contributed by atoms with Crippen LogP contribution in [-0.2, 0) is 14.3 Å². The molecule has 1 heterocycles. The molecule has 0 unspecified atom stereocenters. The van der Waals surface area contributed by atoms with Gasteiger partial charge in [0, 0.05) is 19.1 Å². The maximum Gasteiger partial charge on any atom is 0.253 e. The van der Waals surface area contributed by atoms with Crippen LogP contribution in [0.25, 0.3) is 0 Å². The van der Waals surface area contributed by atoms with Crippen molar-refractivity contribution in [2.45, 2.75) is 12.1 Å². The van der Waals surface area contributed by atoms with E-state index in [9.17, 15) is 9.59 Å². The smallest absolute Gasteiger partial charge is 0.253 e. The summed E-state index contributed by atoms with van der Waals surface area (Å²) in [6.45, 7) is -0.120. The highest BCUT2D eigenvalue weighted by atomic mass is 35.5. The highest BCUT2D eigenvalue weighted by molar-refractivity contribution is 6.31. The topological polar surface area (TPSA) is 58.6 Å². The van der Waals surface area contributed by atoms with Crippen molar-refractivity contribution < 1.29 is 14.3 Å². The zero-order chi connectivity index (χ0) is 14.0. The zero-order valence-electron chi connectivity index (χ0n) is 10.7. The quantitative estimate of drug-likeness (QED) is 0.880. The highest BCUT2D eigenvalue weighted by Gasteiger charge is 2.37. The second-order valence-electron chi connectivity index (χ2n) is 4.53. The minimum atomic E-state index is -0.757. The molecule has 2 amide bonds. The van der Waals surface area contributed by atoms with E-state index in [-0.39, 0.29) is 18.4 Å². The van der Waals surface area contributed by atoms with Crippen LogP contribution in [0.5, 0.6) is 0 Å². The van der Waals surface area contributed by atoms with Gasteiger partial charge in [0.05, 0.1) is 6.04 Å². The number of hydrogen-bond acceptors (Lipinski definition) is 3. The fourth-order valence-corrected chi connectivity index (χ4v) is 2.24. The third-order valence-corrected chi connectivity index (χ3v) is 3.28. The van der Waals surface area contributed by atoms with Crippen molar-refractivity contribution in [1.29, 1.82) is 0 Å². The number of likely N-dealkylation sites (N-methyl/N-ethyl adjacent to an activating group) is 1. The molecule has 1 fully saturated rings. The van der Waals surface area contributed by atoms with Crippen LogP contribution in [-0.4, -0.2) is 43.5 Å². The van der Waals surface area contributed by atoms with Crippen LogP contribution in [0.3, 0.4) is 0 Å². The largest absolute Gasteiger partial charge is 0.356 e. The van der Waals surface area contributed by atoms with Gasteiger partial charge in [-0.15, -0.1) is 0 Å². The lowest BCUT2D eigenvalue weighted by Crippen LogP contribution is -2.52. The van der Waals surface area contributed by atoms with E-state index in [1.807, 2.05) is 0 Å². The van der Waals surface area contributed by atoms with Crippen molar-refractivity contribution in [3.63, 3.8) is 0 Å². The Kier molecular flexibility index (Phi) is 4.07. The van der Waals surface area contributed by atoms with Crippen molar-refractivity contribution in [1.82, 2.24) is 10.2 Å². The summed E-state index contributed by atoms with van der Waals surface area (Å²) in [6.07, 6.45) is -0.757. The van der Waals surface area contributed by atoms with Crippen LogP contribution < -0.4 is 5.32 Å². The monoisotopic (exact) mass is 282 g/mol. The van der Waals surface area contributed by atoms with Gasteiger partial charge in [0.15, 0.2) is 6.10 Å². The summed E-state index contributed by atoms with van der Waals surface area (Å²) in [5, 5.41) is 3.26. The van der Waals surface area contributed by atoms with Gasteiger partial charge in [0.1, 0.15) is 6.61 Å².